The Labute approximate surface area is 180 Å². The Bertz CT molecular complexity index is 1030. The molecular weight excluding hydrogens is 400 g/mol. The molecule has 4 rings (SSSR count). The van der Waals surface area contributed by atoms with Crippen LogP contribution in [0.15, 0.2) is 71.3 Å². The molecule has 0 radical (unpaired) electrons. The molecule has 1 atom stereocenters. The van der Waals surface area contributed by atoms with Crippen LogP contribution in [0.1, 0.15) is 43.2 Å². The highest BCUT2D eigenvalue weighted by atomic mass is 35.5. The van der Waals surface area contributed by atoms with Crippen LogP contribution in [-0.2, 0) is 20.7 Å². The van der Waals surface area contributed by atoms with Crippen LogP contribution in [0.4, 0.5) is 0 Å². The normalized spacial score (nSPS) is 18.3. The molecule has 1 aliphatic carbocycles. The fourth-order valence-electron chi connectivity index (χ4n) is 4.12. The molecule has 1 aromatic heterocycles. The summed E-state index contributed by atoms with van der Waals surface area (Å²) in [5, 5.41) is 3.88. The first-order valence-electron chi connectivity index (χ1n) is 10.1. The maximum atomic E-state index is 13.1. The Morgan fingerprint density at radius 3 is 2.77 bits per heavy atom. The molecule has 0 fully saturated rings. The summed E-state index contributed by atoms with van der Waals surface area (Å²) in [6, 6.07) is 11.2. The van der Waals surface area contributed by atoms with Crippen molar-refractivity contribution in [1.29, 1.82) is 0 Å². The number of benzene rings is 1. The van der Waals surface area contributed by atoms with Crippen LogP contribution in [-0.4, -0.2) is 23.3 Å². The lowest BCUT2D eigenvalue weighted by Crippen LogP contribution is -2.30. The zero-order valence-electron chi connectivity index (χ0n) is 16.8. The number of ketones is 1. The van der Waals surface area contributed by atoms with E-state index < -0.39 is 11.9 Å². The predicted molar refractivity (Wildman–Crippen MR) is 115 cm³/mol. The van der Waals surface area contributed by atoms with Crippen molar-refractivity contribution >= 4 is 23.4 Å². The van der Waals surface area contributed by atoms with Gasteiger partial charge in [0.25, 0.3) is 0 Å². The van der Waals surface area contributed by atoms with E-state index in [0.29, 0.717) is 42.0 Å². The van der Waals surface area contributed by atoms with Gasteiger partial charge in [-0.25, -0.2) is 4.79 Å². The number of esters is 1. The third-order valence-electron chi connectivity index (χ3n) is 5.54. The fourth-order valence-corrected chi connectivity index (χ4v) is 4.25. The van der Waals surface area contributed by atoms with Crippen molar-refractivity contribution in [3.63, 3.8) is 0 Å². The SMILES string of the molecule is CC1=C(C(=O)OCCCc2cccnc2)C(c2ccc(Cl)cc2)C2=C(CCC2=O)N1. The number of pyridine rings is 1. The smallest absolute Gasteiger partial charge is 0.336 e. The molecule has 1 unspecified atom stereocenters. The summed E-state index contributed by atoms with van der Waals surface area (Å²) in [5.74, 6) is -0.747. The number of aryl methyl sites for hydroxylation is 1. The number of hydrogen-bond donors (Lipinski definition) is 1. The highest BCUT2D eigenvalue weighted by Crippen LogP contribution is 2.43. The van der Waals surface area contributed by atoms with Crippen molar-refractivity contribution < 1.29 is 14.3 Å². The van der Waals surface area contributed by atoms with Gasteiger partial charge in [-0.3, -0.25) is 9.78 Å². The number of hydrogen-bond acceptors (Lipinski definition) is 5. The second-order valence-corrected chi connectivity index (χ2v) is 8.00. The van der Waals surface area contributed by atoms with Crippen LogP contribution in [0.3, 0.4) is 0 Å². The Hall–Kier alpha value is -2.92. The van der Waals surface area contributed by atoms with Gasteiger partial charge in [0.1, 0.15) is 0 Å². The van der Waals surface area contributed by atoms with Crippen molar-refractivity contribution in [3.8, 4) is 0 Å². The third-order valence-corrected chi connectivity index (χ3v) is 5.79. The molecule has 154 valence electrons. The number of Topliss-reactive ketones (excluding diaryl/α,β-unsaturated/α-hetero) is 1. The molecule has 2 heterocycles. The van der Waals surface area contributed by atoms with Gasteiger partial charge in [-0.2, -0.15) is 0 Å². The van der Waals surface area contributed by atoms with Crippen LogP contribution in [0.25, 0.3) is 0 Å². The quantitative estimate of drug-likeness (QED) is 0.548. The summed E-state index contributed by atoms with van der Waals surface area (Å²) in [7, 11) is 0. The van der Waals surface area contributed by atoms with E-state index in [4.69, 9.17) is 16.3 Å². The lowest BCUT2D eigenvalue weighted by atomic mass is 9.80. The van der Waals surface area contributed by atoms with Gasteiger partial charge in [-0.05, 0) is 55.5 Å². The molecule has 2 aromatic rings. The fraction of sp³-hybridized carbons (Fsp3) is 0.292. The number of carbonyl (C=O) groups excluding carboxylic acids is 2. The standard InChI is InChI=1S/C24H23ClN2O3/c1-15-21(24(29)30-13-3-5-16-4-2-12-26-14-16)22(17-6-8-18(25)9-7-17)23-19(27-15)10-11-20(23)28/h2,4,6-9,12,14,22,27H,3,5,10-11,13H2,1H3. The Morgan fingerprint density at radius 1 is 1.23 bits per heavy atom. The van der Waals surface area contributed by atoms with E-state index >= 15 is 0 Å². The summed E-state index contributed by atoms with van der Waals surface area (Å²) in [6.45, 7) is 2.17. The summed E-state index contributed by atoms with van der Waals surface area (Å²) in [5.41, 5.74) is 4.78. The number of rotatable bonds is 6. The minimum Gasteiger partial charge on any atom is -0.462 e. The van der Waals surface area contributed by atoms with Crippen LogP contribution >= 0.6 is 11.6 Å². The number of allylic oxidation sites excluding steroid dienone is 3. The van der Waals surface area contributed by atoms with Crippen LogP contribution in [0, 0.1) is 0 Å². The maximum absolute atomic E-state index is 13.1. The molecule has 0 spiro atoms. The molecule has 1 aliphatic heterocycles. The molecule has 0 saturated carbocycles. The number of nitrogens with zero attached hydrogens (tertiary/aromatic N) is 1. The van der Waals surface area contributed by atoms with E-state index in [2.05, 4.69) is 10.3 Å². The number of carbonyl (C=O) groups is 2. The van der Waals surface area contributed by atoms with Gasteiger partial charge in [-0.1, -0.05) is 29.8 Å². The van der Waals surface area contributed by atoms with Crippen molar-refractivity contribution in [1.82, 2.24) is 10.3 Å². The molecule has 0 saturated heterocycles. The second-order valence-electron chi connectivity index (χ2n) is 7.56. The van der Waals surface area contributed by atoms with Gasteiger partial charge in [0, 0.05) is 46.7 Å². The largest absolute Gasteiger partial charge is 0.462 e. The molecule has 0 bridgehead atoms. The van der Waals surface area contributed by atoms with Crippen molar-refractivity contribution in [2.45, 2.75) is 38.5 Å². The topological polar surface area (TPSA) is 68.3 Å². The lowest BCUT2D eigenvalue weighted by Gasteiger charge is -2.29. The number of ether oxygens (including phenoxy) is 1. The van der Waals surface area contributed by atoms with Crippen LogP contribution in [0.2, 0.25) is 5.02 Å². The minimum absolute atomic E-state index is 0.0758. The van der Waals surface area contributed by atoms with E-state index in [0.717, 1.165) is 28.9 Å². The highest BCUT2D eigenvalue weighted by molar-refractivity contribution is 6.30. The molecule has 5 nitrogen and oxygen atoms in total. The van der Waals surface area contributed by atoms with E-state index in [1.807, 2.05) is 37.4 Å². The van der Waals surface area contributed by atoms with Crippen molar-refractivity contribution in [3.05, 3.63) is 87.5 Å². The predicted octanol–water partition coefficient (Wildman–Crippen LogP) is 4.49. The van der Waals surface area contributed by atoms with Gasteiger partial charge in [0.15, 0.2) is 5.78 Å². The van der Waals surface area contributed by atoms with Crippen LogP contribution < -0.4 is 5.32 Å². The Kier molecular flexibility index (Phi) is 6.00. The van der Waals surface area contributed by atoms with Gasteiger partial charge >= 0.3 is 5.97 Å². The molecule has 1 aromatic carbocycles. The minimum atomic E-state index is -0.431. The zero-order chi connectivity index (χ0) is 21.1. The summed E-state index contributed by atoms with van der Waals surface area (Å²) in [6.07, 6.45) is 6.17. The molecule has 2 aliphatic rings. The van der Waals surface area contributed by atoms with Crippen LogP contribution in [0.5, 0.6) is 0 Å². The van der Waals surface area contributed by atoms with E-state index in [9.17, 15) is 9.59 Å². The van der Waals surface area contributed by atoms with Crippen molar-refractivity contribution in [2.24, 2.45) is 0 Å². The highest BCUT2D eigenvalue weighted by Gasteiger charge is 2.40. The first kappa shape index (κ1) is 20.4. The molecule has 0 amide bonds. The van der Waals surface area contributed by atoms with E-state index in [1.165, 1.54) is 0 Å². The molecule has 1 N–H and O–H groups in total. The zero-order valence-corrected chi connectivity index (χ0v) is 17.5. The van der Waals surface area contributed by atoms with Gasteiger partial charge in [0.2, 0.25) is 0 Å². The average molecular weight is 423 g/mol. The summed E-state index contributed by atoms with van der Waals surface area (Å²) < 4.78 is 5.62. The first-order chi connectivity index (χ1) is 14.5. The number of dihydropyridines is 1. The number of nitrogens with one attached hydrogen (secondary N) is 1. The van der Waals surface area contributed by atoms with E-state index in [-0.39, 0.29) is 5.78 Å². The van der Waals surface area contributed by atoms with Gasteiger partial charge in [-0.15, -0.1) is 0 Å². The van der Waals surface area contributed by atoms with E-state index in [1.54, 1.807) is 18.3 Å². The third kappa shape index (κ3) is 4.17. The van der Waals surface area contributed by atoms with Gasteiger partial charge < -0.3 is 10.1 Å². The van der Waals surface area contributed by atoms with Crippen molar-refractivity contribution in [2.75, 3.05) is 6.61 Å². The molecular formula is C24H23ClN2O3. The van der Waals surface area contributed by atoms with Gasteiger partial charge in [0.05, 0.1) is 12.2 Å². The maximum Gasteiger partial charge on any atom is 0.336 e. The monoisotopic (exact) mass is 422 g/mol. The first-order valence-corrected chi connectivity index (χ1v) is 10.5. The summed E-state index contributed by atoms with van der Waals surface area (Å²) >= 11 is 6.05. The second kappa shape index (κ2) is 8.84. The lowest BCUT2D eigenvalue weighted by molar-refractivity contribution is -0.139. The number of aromatic nitrogens is 1. The summed E-state index contributed by atoms with van der Waals surface area (Å²) in [4.78, 5) is 29.8. The molecule has 6 heteroatoms. The number of halogens is 1. The average Bonchev–Trinajstić information content (AvgIpc) is 3.11. The molecule has 30 heavy (non-hydrogen) atoms. The Morgan fingerprint density at radius 2 is 2.03 bits per heavy atom. The Balaban J connectivity index is 1.53.